The molecule has 16 heteroatoms. The monoisotopic (exact) mass is 719 g/mol. The largest absolute Gasteiger partial charge is 0.478 e. The number of piperazine rings is 1. The topological polar surface area (TPSA) is 141 Å². The summed E-state index contributed by atoms with van der Waals surface area (Å²) in [4.78, 5) is 57.1. The Labute approximate surface area is 293 Å². The number of amidine groups is 1. The lowest BCUT2D eigenvalue weighted by atomic mass is 9.95. The van der Waals surface area contributed by atoms with Crippen molar-refractivity contribution in [1.29, 1.82) is 0 Å². The summed E-state index contributed by atoms with van der Waals surface area (Å²) in [6.45, 7) is 2.06. The molecule has 0 saturated carbocycles. The van der Waals surface area contributed by atoms with E-state index in [4.69, 9.17) is 26.4 Å². The summed E-state index contributed by atoms with van der Waals surface area (Å²) in [5.74, 6) is -2.48. The van der Waals surface area contributed by atoms with Gasteiger partial charge in [-0.25, -0.2) is 33.1 Å². The average molecular weight is 720 g/mol. The number of carboxylic acids is 1. The Balaban J connectivity index is 1.11. The van der Waals surface area contributed by atoms with E-state index in [0.29, 0.717) is 65.2 Å². The molecule has 4 aromatic rings. The van der Waals surface area contributed by atoms with Crippen molar-refractivity contribution in [3.05, 3.63) is 110 Å². The number of rotatable bonds is 8. The van der Waals surface area contributed by atoms with Crippen LogP contribution < -0.4 is 10.2 Å². The molecule has 12 nitrogen and oxygen atoms in total. The number of anilines is 1. The molecular weight excluding hydrogens is 692 g/mol. The third kappa shape index (κ3) is 6.30. The zero-order chi connectivity index (χ0) is 35.1. The molecule has 2 atom stereocenters. The van der Waals surface area contributed by atoms with E-state index in [1.165, 1.54) is 55.0 Å². The lowest BCUT2D eigenvalue weighted by molar-refractivity contribution is -0.136. The van der Waals surface area contributed by atoms with Crippen molar-refractivity contribution >= 4 is 52.6 Å². The van der Waals surface area contributed by atoms with Gasteiger partial charge in [0.1, 0.15) is 23.5 Å². The normalized spacial score (nSPS) is 19.3. The van der Waals surface area contributed by atoms with Gasteiger partial charge in [-0.15, -0.1) is 11.3 Å². The summed E-state index contributed by atoms with van der Waals surface area (Å²) in [7, 11) is 1.28. The number of aromatic carboxylic acids is 1. The van der Waals surface area contributed by atoms with Crippen molar-refractivity contribution in [3.63, 3.8) is 0 Å². The van der Waals surface area contributed by atoms with Gasteiger partial charge in [0.2, 0.25) is 0 Å². The second-order valence-corrected chi connectivity index (χ2v) is 13.1. The summed E-state index contributed by atoms with van der Waals surface area (Å²) in [5.41, 5.74) is 1.79. The van der Waals surface area contributed by atoms with Crippen LogP contribution in [0.3, 0.4) is 0 Å². The quantitative estimate of drug-likeness (QED) is 0.241. The predicted molar refractivity (Wildman–Crippen MR) is 181 cm³/mol. The van der Waals surface area contributed by atoms with Gasteiger partial charge >= 0.3 is 18.0 Å². The number of nitrogens with one attached hydrogen (secondary N) is 1. The molecule has 2 aromatic heterocycles. The van der Waals surface area contributed by atoms with Crippen LogP contribution in [0.5, 0.6) is 0 Å². The zero-order valence-electron chi connectivity index (χ0n) is 26.3. The highest BCUT2D eigenvalue weighted by molar-refractivity contribution is 7.11. The first-order valence-electron chi connectivity index (χ1n) is 15.4. The maximum atomic E-state index is 14.3. The van der Waals surface area contributed by atoms with Crippen LogP contribution in [0.1, 0.15) is 27.0 Å². The van der Waals surface area contributed by atoms with Crippen LogP contribution in [-0.4, -0.2) is 94.6 Å². The van der Waals surface area contributed by atoms with Gasteiger partial charge in [0, 0.05) is 65.8 Å². The highest BCUT2D eigenvalue weighted by Gasteiger charge is 2.42. The highest BCUT2D eigenvalue weighted by atomic mass is 35.5. The van der Waals surface area contributed by atoms with E-state index in [2.05, 4.69) is 20.2 Å². The Morgan fingerprint density at radius 1 is 1.08 bits per heavy atom. The van der Waals surface area contributed by atoms with E-state index in [-0.39, 0.29) is 29.2 Å². The van der Waals surface area contributed by atoms with E-state index in [9.17, 15) is 23.2 Å². The second kappa shape index (κ2) is 13.6. The van der Waals surface area contributed by atoms with E-state index in [0.717, 1.165) is 6.07 Å². The molecule has 0 aliphatic carbocycles. The number of halogens is 3. The average Bonchev–Trinajstić information content (AvgIpc) is 3.76. The molecule has 7 rings (SSSR count). The SMILES string of the molecule is COC(=O)C1=C(CN2CCN3C(=O)N(c4ccc(-c5ccc(C(=O)O)c(F)c5)cn4)C[C@@H]3C2)NC(c2nccs2)=NC1c1ccc(F)cc1Cl. The predicted octanol–water partition coefficient (Wildman–Crippen LogP) is 4.98. The number of aliphatic imine (C=N–C) groups is 1. The third-order valence-corrected chi connectivity index (χ3v) is 9.91. The van der Waals surface area contributed by atoms with Crippen LogP contribution in [0.15, 0.2) is 82.6 Å². The Hall–Kier alpha value is -5.25. The van der Waals surface area contributed by atoms with Gasteiger partial charge < -0.3 is 20.1 Å². The molecule has 50 heavy (non-hydrogen) atoms. The fourth-order valence-electron chi connectivity index (χ4n) is 6.38. The molecule has 2 amide bonds. The minimum atomic E-state index is -1.35. The number of aromatic nitrogens is 2. The molecule has 0 bridgehead atoms. The van der Waals surface area contributed by atoms with E-state index < -0.39 is 35.2 Å². The Morgan fingerprint density at radius 3 is 2.58 bits per heavy atom. The molecule has 3 aliphatic rings. The number of urea groups is 1. The zero-order valence-corrected chi connectivity index (χ0v) is 27.9. The number of hydrogen-bond acceptors (Lipinski definition) is 10. The van der Waals surface area contributed by atoms with Crippen LogP contribution in [0, 0.1) is 11.6 Å². The Bertz CT molecular complexity index is 2060. The molecular formula is C34H28ClF2N7O5S. The number of carboxylic acid groups (broad SMARTS) is 1. The lowest BCUT2D eigenvalue weighted by Gasteiger charge is -2.38. The fraction of sp³-hybridized carbons (Fsp3) is 0.235. The van der Waals surface area contributed by atoms with E-state index >= 15 is 0 Å². The number of pyridine rings is 1. The van der Waals surface area contributed by atoms with Crippen molar-refractivity contribution < 1.29 is 33.0 Å². The standard InChI is InChI=1S/C34H28ClF2N7O5S/c1-49-33(47)28-26(40-30(31-38-8-11-50-31)41-29(28)22-6-4-20(36)13-24(22)35)17-42-9-10-43-21(15-42)16-44(34(43)48)27-7-3-19(14-39-27)18-2-5-23(32(45)46)25(37)12-18/h2-8,11-14,21,29H,9-10,15-17H2,1H3,(H,40,41)(H,45,46)/t21-,29?/m0/s1. The lowest BCUT2D eigenvalue weighted by Crippen LogP contribution is -2.53. The molecule has 0 radical (unpaired) electrons. The number of esters is 1. The molecule has 2 aromatic carbocycles. The van der Waals surface area contributed by atoms with Crippen molar-refractivity contribution in [1.82, 2.24) is 25.1 Å². The Kier molecular flexibility index (Phi) is 9.03. The van der Waals surface area contributed by atoms with Crippen LogP contribution >= 0.6 is 22.9 Å². The fourth-order valence-corrected chi connectivity index (χ4v) is 7.24. The minimum absolute atomic E-state index is 0.114. The number of carbonyl (C=O) groups excluding carboxylic acids is 2. The third-order valence-electron chi connectivity index (χ3n) is 8.80. The van der Waals surface area contributed by atoms with Gasteiger partial charge in [0.25, 0.3) is 0 Å². The van der Waals surface area contributed by atoms with Crippen LogP contribution in [0.4, 0.5) is 19.4 Å². The van der Waals surface area contributed by atoms with Gasteiger partial charge in [-0.1, -0.05) is 23.7 Å². The summed E-state index contributed by atoms with van der Waals surface area (Å²) >= 11 is 7.85. The smallest absolute Gasteiger partial charge is 0.338 e. The number of fused-ring (bicyclic) bond motifs is 1. The van der Waals surface area contributed by atoms with Crippen molar-refractivity contribution in [3.8, 4) is 11.1 Å². The Morgan fingerprint density at radius 2 is 1.90 bits per heavy atom. The first kappa shape index (κ1) is 33.3. The number of hydrogen-bond donors (Lipinski definition) is 2. The molecule has 2 fully saturated rings. The maximum Gasteiger partial charge on any atom is 0.338 e. The summed E-state index contributed by atoms with van der Waals surface area (Å²) in [6.07, 6.45) is 3.16. The van der Waals surface area contributed by atoms with Crippen molar-refractivity contribution in [2.75, 3.05) is 44.7 Å². The summed E-state index contributed by atoms with van der Waals surface area (Å²) < 4.78 is 33.5. The second-order valence-electron chi connectivity index (χ2n) is 11.8. The number of amides is 2. The van der Waals surface area contributed by atoms with Gasteiger partial charge in [0.05, 0.1) is 30.8 Å². The van der Waals surface area contributed by atoms with Crippen LogP contribution in [-0.2, 0) is 9.53 Å². The number of benzene rings is 2. The van der Waals surface area contributed by atoms with Gasteiger partial charge in [0.15, 0.2) is 10.8 Å². The van der Waals surface area contributed by atoms with Gasteiger partial charge in [-0.3, -0.25) is 14.8 Å². The van der Waals surface area contributed by atoms with E-state index in [1.807, 2.05) is 0 Å². The number of ether oxygens (including phenoxy) is 1. The molecule has 2 saturated heterocycles. The first-order valence-corrected chi connectivity index (χ1v) is 16.7. The molecule has 2 N–H and O–H groups in total. The molecule has 1 unspecified atom stereocenters. The van der Waals surface area contributed by atoms with Crippen molar-refractivity contribution in [2.24, 2.45) is 4.99 Å². The maximum absolute atomic E-state index is 14.3. The number of nitrogens with zero attached hydrogens (tertiary/aromatic N) is 6. The minimum Gasteiger partial charge on any atom is -0.478 e. The van der Waals surface area contributed by atoms with Gasteiger partial charge in [-0.2, -0.15) is 0 Å². The van der Waals surface area contributed by atoms with E-state index in [1.54, 1.807) is 33.5 Å². The molecule has 3 aliphatic heterocycles. The summed E-state index contributed by atoms with van der Waals surface area (Å²) in [5, 5.41) is 14.9. The van der Waals surface area contributed by atoms with Crippen LogP contribution in [0.25, 0.3) is 11.1 Å². The number of thiazole rings is 1. The highest BCUT2D eigenvalue weighted by Crippen LogP contribution is 2.37. The molecule has 5 heterocycles. The van der Waals surface area contributed by atoms with Crippen LogP contribution in [0.2, 0.25) is 5.02 Å². The molecule has 0 spiro atoms. The van der Waals surface area contributed by atoms with Gasteiger partial charge in [-0.05, 0) is 42.0 Å². The van der Waals surface area contributed by atoms with Crippen molar-refractivity contribution in [2.45, 2.75) is 12.1 Å². The summed E-state index contributed by atoms with van der Waals surface area (Å²) in [6, 6.07) is 9.89. The number of carbonyl (C=O) groups is 3. The first-order chi connectivity index (χ1) is 24.1. The number of methoxy groups -OCH3 is 1. The molecule has 256 valence electrons.